The van der Waals surface area contributed by atoms with Gasteiger partial charge >= 0.3 is 0 Å². The van der Waals surface area contributed by atoms with Crippen LogP contribution in [-0.4, -0.2) is 53.9 Å². The summed E-state index contributed by atoms with van der Waals surface area (Å²) in [5.41, 5.74) is -0.289. The third kappa shape index (κ3) is 4.99. The van der Waals surface area contributed by atoms with Crippen molar-refractivity contribution in [3.8, 4) is 0 Å². The molecule has 0 aromatic carbocycles. The number of nitrogens with zero attached hydrogens (tertiary/aromatic N) is 3. The van der Waals surface area contributed by atoms with E-state index in [1.165, 1.54) is 6.07 Å². The zero-order chi connectivity index (χ0) is 16.0. The van der Waals surface area contributed by atoms with Gasteiger partial charge in [0.05, 0.1) is 4.92 Å². The van der Waals surface area contributed by atoms with Gasteiger partial charge in [0.2, 0.25) is 0 Å². The van der Waals surface area contributed by atoms with E-state index in [1.54, 1.807) is 0 Å². The highest BCUT2D eigenvalue weighted by Crippen LogP contribution is 2.20. The zero-order valence-electron chi connectivity index (χ0n) is 12.7. The number of nitro groups is 1. The maximum absolute atomic E-state index is 12.2. The quantitative estimate of drug-likeness (QED) is 0.577. The number of aromatic nitrogens is 1. The first kappa shape index (κ1) is 16.8. The number of carbonyl (C=O) groups is 1. The maximum atomic E-state index is 12.2. The van der Waals surface area contributed by atoms with Crippen LogP contribution in [0.1, 0.15) is 24.2 Å². The molecule has 0 radical (unpaired) electrons. The van der Waals surface area contributed by atoms with Crippen molar-refractivity contribution in [3.05, 3.63) is 27.9 Å². The fraction of sp³-hybridized carbons (Fsp3) is 0.538. The van der Waals surface area contributed by atoms with Crippen LogP contribution >= 0.6 is 0 Å². The van der Waals surface area contributed by atoms with Crippen LogP contribution < -0.4 is 10.6 Å². The zero-order valence-corrected chi connectivity index (χ0v) is 12.7. The molecule has 0 aliphatic carbocycles. The molecule has 1 amide bonds. The Morgan fingerprint density at radius 2 is 2.19 bits per heavy atom. The molecule has 0 aliphatic heterocycles. The fourth-order valence-corrected chi connectivity index (χ4v) is 1.95. The van der Waals surface area contributed by atoms with Gasteiger partial charge in [0, 0.05) is 25.2 Å². The molecule has 1 heterocycles. The first-order chi connectivity index (χ1) is 9.85. The Hall–Kier alpha value is -2.22. The Kier molecular flexibility index (Phi) is 6.04. The highest BCUT2D eigenvalue weighted by atomic mass is 16.6. The molecule has 2 N–H and O–H groups in total. The topological polar surface area (TPSA) is 100 Å². The number of nitrogens with one attached hydrogen (secondary N) is 2. The standard InChI is InChI=1S/C13H21N5O3/c1-5-14-12-6-10(11(7-15-12)18(20)21)13(19)16-9(2)8-17(3)4/h6-7,9H,5,8H2,1-4H3,(H,14,15)(H,16,19). The van der Waals surface area contributed by atoms with E-state index in [1.807, 2.05) is 32.8 Å². The number of carbonyl (C=O) groups excluding carboxylic acids is 1. The van der Waals surface area contributed by atoms with Crippen molar-refractivity contribution in [2.75, 3.05) is 32.5 Å². The Labute approximate surface area is 123 Å². The van der Waals surface area contributed by atoms with Crippen molar-refractivity contribution in [1.29, 1.82) is 0 Å². The third-order valence-corrected chi connectivity index (χ3v) is 2.70. The normalized spacial score (nSPS) is 12.0. The number of amides is 1. The SMILES string of the molecule is CCNc1cc(C(=O)NC(C)CN(C)C)c([N+](=O)[O-])cn1. The van der Waals surface area contributed by atoms with Crippen molar-refractivity contribution < 1.29 is 9.72 Å². The third-order valence-electron chi connectivity index (χ3n) is 2.70. The van der Waals surface area contributed by atoms with Crippen LogP contribution in [-0.2, 0) is 0 Å². The predicted molar refractivity (Wildman–Crippen MR) is 80.5 cm³/mol. The van der Waals surface area contributed by atoms with Gasteiger partial charge < -0.3 is 15.5 Å². The van der Waals surface area contributed by atoms with Crippen molar-refractivity contribution in [3.63, 3.8) is 0 Å². The summed E-state index contributed by atoms with van der Waals surface area (Å²) >= 11 is 0. The van der Waals surface area contributed by atoms with E-state index in [-0.39, 0.29) is 17.3 Å². The van der Waals surface area contributed by atoms with Crippen LogP contribution in [0.3, 0.4) is 0 Å². The Morgan fingerprint density at radius 1 is 1.52 bits per heavy atom. The van der Waals surface area contributed by atoms with E-state index in [9.17, 15) is 14.9 Å². The molecular formula is C13H21N5O3. The second kappa shape index (κ2) is 7.53. The molecule has 1 aromatic rings. The lowest BCUT2D eigenvalue weighted by Gasteiger charge is -2.18. The van der Waals surface area contributed by atoms with Crippen LogP contribution in [0.5, 0.6) is 0 Å². The van der Waals surface area contributed by atoms with Crippen molar-refractivity contribution in [1.82, 2.24) is 15.2 Å². The monoisotopic (exact) mass is 295 g/mol. The predicted octanol–water partition coefficient (Wildman–Crippen LogP) is 1.10. The lowest BCUT2D eigenvalue weighted by atomic mass is 10.2. The maximum Gasteiger partial charge on any atom is 0.300 e. The van der Waals surface area contributed by atoms with Gasteiger partial charge in [-0.3, -0.25) is 14.9 Å². The number of likely N-dealkylation sites (N-methyl/N-ethyl adjacent to an activating group) is 1. The molecule has 21 heavy (non-hydrogen) atoms. The summed E-state index contributed by atoms with van der Waals surface area (Å²) in [4.78, 5) is 28.5. The Balaban J connectivity index is 2.99. The molecular weight excluding hydrogens is 274 g/mol. The summed E-state index contributed by atoms with van der Waals surface area (Å²) in [6.45, 7) is 4.98. The molecule has 0 saturated heterocycles. The molecule has 0 saturated carbocycles. The van der Waals surface area contributed by atoms with Gasteiger partial charge in [-0.05, 0) is 27.9 Å². The average molecular weight is 295 g/mol. The average Bonchev–Trinajstić information content (AvgIpc) is 2.37. The summed E-state index contributed by atoms with van der Waals surface area (Å²) in [6.07, 6.45) is 1.10. The van der Waals surface area contributed by atoms with Gasteiger partial charge in [0.25, 0.3) is 11.6 Å². The molecule has 0 fully saturated rings. The van der Waals surface area contributed by atoms with Crippen LogP contribution in [0.4, 0.5) is 11.5 Å². The smallest absolute Gasteiger partial charge is 0.300 e. The van der Waals surface area contributed by atoms with Gasteiger partial charge in [-0.15, -0.1) is 0 Å². The van der Waals surface area contributed by atoms with E-state index < -0.39 is 10.8 Å². The van der Waals surface area contributed by atoms with E-state index in [0.717, 1.165) is 6.20 Å². The lowest BCUT2D eigenvalue weighted by molar-refractivity contribution is -0.385. The number of hydrogen-bond donors (Lipinski definition) is 2. The van der Waals surface area contributed by atoms with Crippen LogP contribution in [0.15, 0.2) is 12.3 Å². The van der Waals surface area contributed by atoms with E-state index in [4.69, 9.17) is 0 Å². The Bertz CT molecular complexity index is 519. The minimum Gasteiger partial charge on any atom is -0.370 e. The molecule has 0 spiro atoms. The molecule has 116 valence electrons. The molecule has 1 unspecified atom stereocenters. The number of pyridine rings is 1. The highest BCUT2D eigenvalue weighted by Gasteiger charge is 2.22. The molecule has 0 aliphatic rings. The first-order valence-electron chi connectivity index (χ1n) is 6.69. The van der Waals surface area contributed by atoms with Crippen molar-refractivity contribution in [2.45, 2.75) is 19.9 Å². The fourth-order valence-electron chi connectivity index (χ4n) is 1.95. The lowest BCUT2D eigenvalue weighted by Crippen LogP contribution is -2.39. The number of anilines is 1. The molecule has 8 heteroatoms. The minimum atomic E-state index is -0.603. The summed E-state index contributed by atoms with van der Waals surface area (Å²) in [6, 6.07) is 1.28. The van der Waals surface area contributed by atoms with Crippen LogP contribution in [0.25, 0.3) is 0 Å². The van der Waals surface area contributed by atoms with Gasteiger partial charge in [0.1, 0.15) is 17.6 Å². The Morgan fingerprint density at radius 3 is 2.71 bits per heavy atom. The van der Waals surface area contributed by atoms with Crippen LogP contribution in [0, 0.1) is 10.1 Å². The molecule has 1 aromatic heterocycles. The summed E-state index contributed by atoms with van der Waals surface area (Å²) in [7, 11) is 3.78. The van der Waals surface area contributed by atoms with Gasteiger partial charge in [-0.2, -0.15) is 0 Å². The molecule has 1 rings (SSSR count). The molecule has 8 nitrogen and oxygen atoms in total. The van der Waals surface area contributed by atoms with E-state index in [2.05, 4.69) is 15.6 Å². The van der Waals surface area contributed by atoms with Crippen molar-refractivity contribution >= 4 is 17.4 Å². The number of hydrogen-bond acceptors (Lipinski definition) is 6. The summed E-state index contributed by atoms with van der Waals surface area (Å²) < 4.78 is 0. The molecule has 0 bridgehead atoms. The highest BCUT2D eigenvalue weighted by molar-refractivity contribution is 5.98. The minimum absolute atomic E-state index is 0.0107. The van der Waals surface area contributed by atoms with Gasteiger partial charge in [-0.1, -0.05) is 0 Å². The van der Waals surface area contributed by atoms with Gasteiger partial charge in [-0.25, -0.2) is 4.98 Å². The number of rotatable bonds is 7. The largest absolute Gasteiger partial charge is 0.370 e. The second-order valence-electron chi connectivity index (χ2n) is 5.01. The van der Waals surface area contributed by atoms with Crippen molar-refractivity contribution in [2.24, 2.45) is 0 Å². The molecule has 1 atom stereocenters. The van der Waals surface area contributed by atoms with E-state index in [0.29, 0.717) is 18.9 Å². The summed E-state index contributed by atoms with van der Waals surface area (Å²) in [5.74, 6) is -0.0360. The first-order valence-corrected chi connectivity index (χ1v) is 6.69. The second-order valence-corrected chi connectivity index (χ2v) is 5.01. The van der Waals surface area contributed by atoms with Gasteiger partial charge in [0.15, 0.2) is 0 Å². The summed E-state index contributed by atoms with van der Waals surface area (Å²) in [5, 5.41) is 16.7. The van der Waals surface area contributed by atoms with Crippen LogP contribution in [0.2, 0.25) is 0 Å². The van der Waals surface area contributed by atoms with E-state index >= 15 is 0 Å².